The Kier molecular flexibility index (Phi) is 5.80. The molecule has 3 atom stereocenters. The summed E-state index contributed by atoms with van der Waals surface area (Å²) in [7, 11) is -2.14. The Morgan fingerprint density at radius 3 is 2.47 bits per heavy atom. The highest BCUT2D eigenvalue weighted by molar-refractivity contribution is 7.90. The molecular weight excluding hydrogens is 266 g/mol. The molecule has 1 rings (SSSR count). The topological polar surface area (TPSA) is 72.5 Å². The van der Waals surface area contributed by atoms with E-state index in [0.717, 1.165) is 6.42 Å². The van der Waals surface area contributed by atoms with Crippen molar-refractivity contribution in [1.29, 1.82) is 0 Å². The molecule has 19 heavy (non-hydrogen) atoms. The van der Waals surface area contributed by atoms with E-state index in [1.165, 1.54) is 7.11 Å². The maximum atomic E-state index is 12.3. The van der Waals surface area contributed by atoms with Gasteiger partial charge in [0, 0.05) is 6.54 Å². The second kappa shape index (κ2) is 6.70. The van der Waals surface area contributed by atoms with Crippen LogP contribution in [0.5, 0.6) is 0 Å². The number of hydrogen-bond acceptors (Lipinski definition) is 4. The maximum absolute atomic E-state index is 12.3. The Morgan fingerprint density at radius 2 is 1.95 bits per heavy atom. The van der Waals surface area contributed by atoms with Crippen LogP contribution in [0.4, 0.5) is 0 Å². The molecule has 1 saturated carbocycles. The molecule has 1 aliphatic rings. The molecule has 0 aromatic carbocycles. The number of carbonyl (C=O) groups excluding carboxylic acids is 1. The van der Waals surface area contributed by atoms with E-state index in [-0.39, 0.29) is 5.92 Å². The number of methoxy groups -OCH3 is 1. The van der Waals surface area contributed by atoms with E-state index in [1.807, 2.05) is 6.92 Å². The van der Waals surface area contributed by atoms with Crippen molar-refractivity contribution in [2.24, 2.45) is 17.8 Å². The van der Waals surface area contributed by atoms with Crippen molar-refractivity contribution in [1.82, 2.24) is 4.72 Å². The Morgan fingerprint density at radius 1 is 1.32 bits per heavy atom. The van der Waals surface area contributed by atoms with Crippen LogP contribution in [0.25, 0.3) is 0 Å². The zero-order valence-electron chi connectivity index (χ0n) is 12.2. The lowest BCUT2D eigenvalue weighted by Gasteiger charge is -2.21. The van der Waals surface area contributed by atoms with Gasteiger partial charge in [0.05, 0.1) is 18.3 Å². The molecule has 0 aliphatic heterocycles. The number of hydrogen-bond donors (Lipinski definition) is 1. The second-order valence-electron chi connectivity index (χ2n) is 5.71. The van der Waals surface area contributed by atoms with Gasteiger partial charge in [-0.25, -0.2) is 13.1 Å². The van der Waals surface area contributed by atoms with Crippen molar-refractivity contribution in [3.8, 4) is 0 Å². The van der Waals surface area contributed by atoms with E-state index in [4.69, 9.17) is 4.74 Å². The smallest absolute Gasteiger partial charge is 0.310 e. The molecule has 5 nitrogen and oxygen atoms in total. The molecule has 1 aliphatic carbocycles. The van der Waals surface area contributed by atoms with E-state index in [9.17, 15) is 13.2 Å². The lowest BCUT2D eigenvalue weighted by atomic mass is 9.99. The Bertz CT molecular complexity index is 405. The van der Waals surface area contributed by atoms with Crippen LogP contribution in [0.15, 0.2) is 0 Å². The van der Waals surface area contributed by atoms with Crippen LogP contribution in [-0.2, 0) is 19.6 Å². The second-order valence-corrected chi connectivity index (χ2v) is 7.70. The van der Waals surface area contributed by atoms with E-state index in [1.54, 1.807) is 0 Å². The highest BCUT2D eigenvalue weighted by Crippen LogP contribution is 2.31. The molecule has 0 saturated heterocycles. The van der Waals surface area contributed by atoms with Gasteiger partial charge >= 0.3 is 5.97 Å². The molecule has 112 valence electrons. The van der Waals surface area contributed by atoms with Gasteiger partial charge in [0.1, 0.15) is 0 Å². The quantitative estimate of drug-likeness (QED) is 0.753. The van der Waals surface area contributed by atoms with Crippen LogP contribution in [-0.4, -0.2) is 33.3 Å². The van der Waals surface area contributed by atoms with Gasteiger partial charge in [-0.2, -0.15) is 0 Å². The Labute approximate surface area is 116 Å². The molecule has 1 N–H and O–H groups in total. The number of carbonyl (C=O) groups is 1. The summed E-state index contributed by atoms with van der Waals surface area (Å²) < 4.78 is 31.9. The summed E-state index contributed by atoms with van der Waals surface area (Å²) in [6, 6.07) is 0. The molecule has 0 radical (unpaired) electrons. The van der Waals surface area contributed by atoms with Gasteiger partial charge in [0.15, 0.2) is 0 Å². The molecule has 1 fully saturated rings. The molecule has 3 unspecified atom stereocenters. The van der Waals surface area contributed by atoms with Gasteiger partial charge in [-0.1, -0.05) is 27.2 Å². The fraction of sp³-hybridized carbons (Fsp3) is 0.923. The molecule has 0 heterocycles. The first-order chi connectivity index (χ1) is 8.79. The highest BCUT2D eigenvalue weighted by Gasteiger charge is 2.42. The first-order valence-corrected chi connectivity index (χ1v) is 8.40. The van der Waals surface area contributed by atoms with Crippen molar-refractivity contribution >= 4 is 16.0 Å². The largest absolute Gasteiger partial charge is 0.469 e. The third-order valence-corrected chi connectivity index (χ3v) is 6.03. The van der Waals surface area contributed by atoms with Gasteiger partial charge in [-0.15, -0.1) is 0 Å². The van der Waals surface area contributed by atoms with Gasteiger partial charge in [-0.05, 0) is 24.7 Å². The van der Waals surface area contributed by atoms with Crippen LogP contribution in [0.3, 0.4) is 0 Å². The Hall–Kier alpha value is -0.620. The molecule has 0 spiro atoms. The fourth-order valence-corrected chi connectivity index (χ4v) is 4.17. The predicted octanol–water partition coefficient (Wildman–Crippen LogP) is 1.54. The van der Waals surface area contributed by atoms with Gasteiger partial charge in [0.2, 0.25) is 10.0 Å². The first kappa shape index (κ1) is 16.4. The third kappa shape index (κ3) is 4.18. The van der Waals surface area contributed by atoms with Gasteiger partial charge < -0.3 is 4.74 Å². The minimum absolute atomic E-state index is 0.271. The van der Waals surface area contributed by atoms with Crippen LogP contribution in [0, 0.1) is 17.8 Å². The minimum Gasteiger partial charge on any atom is -0.469 e. The number of nitrogens with one attached hydrogen (secondary N) is 1. The zero-order valence-corrected chi connectivity index (χ0v) is 13.0. The predicted molar refractivity (Wildman–Crippen MR) is 74.1 cm³/mol. The molecule has 0 bridgehead atoms. The summed E-state index contributed by atoms with van der Waals surface area (Å²) in [6.07, 6.45) is 1.88. The van der Waals surface area contributed by atoms with Gasteiger partial charge in [0.25, 0.3) is 0 Å². The standard InChI is InChI=1S/C13H25NO4S/c1-9(2)10(3)8-14-19(16,17)12-7-5-6-11(12)13(15)18-4/h9-12,14H,5-8H2,1-4H3. The minimum atomic E-state index is -3.44. The van der Waals surface area contributed by atoms with Crippen LogP contribution < -0.4 is 4.72 Å². The van der Waals surface area contributed by atoms with E-state index >= 15 is 0 Å². The molecule has 0 aromatic heterocycles. The monoisotopic (exact) mass is 291 g/mol. The number of esters is 1. The molecule has 0 amide bonds. The van der Waals surface area contributed by atoms with Gasteiger partial charge in [-0.3, -0.25) is 4.79 Å². The van der Waals surface area contributed by atoms with Crippen molar-refractivity contribution in [2.45, 2.75) is 45.3 Å². The summed E-state index contributed by atoms with van der Waals surface area (Å²) in [6.45, 7) is 6.56. The number of sulfonamides is 1. The molecular formula is C13H25NO4S. The van der Waals surface area contributed by atoms with E-state index in [0.29, 0.717) is 25.3 Å². The lowest BCUT2D eigenvalue weighted by molar-refractivity contribution is -0.145. The van der Waals surface area contributed by atoms with E-state index in [2.05, 4.69) is 18.6 Å². The van der Waals surface area contributed by atoms with Crippen LogP contribution in [0.1, 0.15) is 40.0 Å². The van der Waals surface area contributed by atoms with Crippen molar-refractivity contribution in [2.75, 3.05) is 13.7 Å². The summed E-state index contributed by atoms with van der Waals surface area (Å²) >= 11 is 0. The Balaban J connectivity index is 2.68. The highest BCUT2D eigenvalue weighted by atomic mass is 32.2. The summed E-state index contributed by atoms with van der Waals surface area (Å²) in [4.78, 5) is 11.6. The SMILES string of the molecule is COC(=O)C1CCCC1S(=O)(=O)NCC(C)C(C)C. The fourth-order valence-electron chi connectivity index (χ4n) is 2.31. The van der Waals surface area contributed by atoms with Crippen LogP contribution >= 0.6 is 0 Å². The maximum Gasteiger partial charge on any atom is 0.310 e. The number of ether oxygens (including phenoxy) is 1. The molecule has 0 aromatic rings. The summed E-state index contributed by atoms with van der Waals surface area (Å²) in [5, 5.41) is -0.640. The zero-order chi connectivity index (χ0) is 14.6. The lowest BCUT2D eigenvalue weighted by Crippen LogP contribution is -2.41. The average molecular weight is 291 g/mol. The van der Waals surface area contributed by atoms with Crippen molar-refractivity contribution < 1.29 is 17.9 Å². The molecule has 6 heteroatoms. The summed E-state index contributed by atoms with van der Waals surface area (Å²) in [5.74, 6) is -0.239. The third-order valence-electron chi connectivity index (χ3n) is 4.10. The van der Waals surface area contributed by atoms with Crippen molar-refractivity contribution in [3.63, 3.8) is 0 Å². The van der Waals surface area contributed by atoms with Crippen molar-refractivity contribution in [3.05, 3.63) is 0 Å². The van der Waals surface area contributed by atoms with Crippen LogP contribution in [0.2, 0.25) is 0 Å². The first-order valence-electron chi connectivity index (χ1n) is 6.86. The van der Waals surface area contributed by atoms with E-state index < -0.39 is 27.2 Å². The normalized spacial score (nSPS) is 25.5. The number of rotatable bonds is 6. The average Bonchev–Trinajstić information content (AvgIpc) is 2.84. The summed E-state index contributed by atoms with van der Waals surface area (Å²) in [5.41, 5.74) is 0.